The van der Waals surface area contributed by atoms with Crippen molar-refractivity contribution in [3.63, 3.8) is 0 Å². The molecule has 0 fully saturated rings. The molecular formula is C48H72N7O6S-. The van der Waals surface area contributed by atoms with Gasteiger partial charge in [0.2, 0.25) is 5.91 Å². The van der Waals surface area contributed by atoms with Crippen molar-refractivity contribution in [2.24, 2.45) is 10.2 Å². The molecule has 0 aliphatic heterocycles. The molecule has 62 heavy (non-hydrogen) atoms. The largest absolute Gasteiger partial charge is 0.744 e. The number of aryl methyl sites for hydroxylation is 2. The van der Waals surface area contributed by atoms with E-state index in [1.807, 2.05) is 18.5 Å². The number of nitrogens with zero attached hydrogens (tertiary/aromatic N) is 5. The summed E-state index contributed by atoms with van der Waals surface area (Å²) in [5.74, 6) is -0.163. The molecular weight excluding hydrogens is 803 g/mol. The summed E-state index contributed by atoms with van der Waals surface area (Å²) in [6.45, 7) is 8.97. The Kier molecular flexibility index (Phi) is 22.2. The lowest BCUT2D eigenvalue weighted by Gasteiger charge is -2.15. The molecule has 0 saturated carbocycles. The van der Waals surface area contributed by atoms with Gasteiger partial charge in [-0.05, 0) is 57.0 Å². The lowest BCUT2D eigenvalue weighted by Crippen LogP contribution is -2.15. The first-order valence-corrected chi connectivity index (χ1v) is 24.9. The van der Waals surface area contributed by atoms with Crippen molar-refractivity contribution in [1.82, 2.24) is 19.6 Å². The van der Waals surface area contributed by atoms with Crippen molar-refractivity contribution in [2.45, 2.75) is 193 Å². The van der Waals surface area contributed by atoms with Crippen LogP contribution in [-0.2, 0) is 21.5 Å². The maximum atomic E-state index is 14.0. The monoisotopic (exact) mass is 875 g/mol. The van der Waals surface area contributed by atoms with E-state index in [2.05, 4.69) is 34.5 Å². The van der Waals surface area contributed by atoms with Crippen molar-refractivity contribution in [2.75, 3.05) is 5.32 Å². The Labute approximate surface area is 370 Å². The molecule has 0 aliphatic carbocycles. The fourth-order valence-electron chi connectivity index (χ4n) is 7.73. The molecule has 2 aromatic carbocycles. The number of aromatic amines is 1. The standard InChI is InChI=1S/C48H73N7O6S/c1-5-7-9-11-13-15-16-17-18-19-20-21-22-24-29-33-44(56)49-47-46(51-50-45-38(3)52-54(39(45)4)36-30-25-23-14-12-10-8-6-2)48(57)55(53-47)40-34-35-42(43(37-40)62(58,59)60)61-41-31-27-26-28-32-41/h26-28,31-32,34-35,37,53H,5-25,29-30,33,36H2,1-4H3,(H,49,56)(H,58,59,60)/p-1. The van der Waals surface area contributed by atoms with E-state index in [0.717, 1.165) is 55.1 Å². The molecule has 13 nitrogen and oxygen atoms in total. The minimum Gasteiger partial charge on any atom is -0.744 e. The minimum atomic E-state index is -5.04. The van der Waals surface area contributed by atoms with E-state index >= 15 is 0 Å². The number of unbranched alkanes of at least 4 members (excludes halogenated alkanes) is 21. The highest BCUT2D eigenvalue weighted by atomic mass is 32.2. The highest BCUT2D eigenvalue weighted by Crippen LogP contribution is 2.32. The smallest absolute Gasteiger partial charge is 0.301 e. The molecule has 2 heterocycles. The predicted molar refractivity (Wildman–Crippen MR) is 248 cm³/mol. The molecule has 0 radical (unpaired) electrons. The quantitative estimate of drug-likeness (QED) is 0.0279. The van der Waals surface area contributed by atoms with E-state index in [1.54, 1.807) is 30.3 Å². The third-order valence-corrected chi connectivity index (χ3v) is 12.2. The normalized spacial score (nSPS) is 11.8. The topological polar surface area (TPSA) is 176 Å². The van der Waals surface area contributed by atoms with Crippen LogP contribution in [0, 0.1) is 13.8 Å². The maximum absolute atomic E-state index is 14.0. The van der Waals surface area contributed by atoms with E-state index in [4.69, 9.17) is 9.84 Å². The second kappa shape index (κ2) is 27.5. The molecule has 342 valence electrons. The number of H-pyrrole nitrogens is 1. The number of carbonyl (C=O) groups is 1. The van der Waals surface area contributed by atoms with Gasteiger partial charge in [-0.2, -0.15) is 5.10 Å². The number of amides is 1. The molecule has 4 aromatic rings. The van der Waals surface area contributed by atoms with Crippen LogP contribution in [0.2, 0.25) is 0 Å². The van der Waals surface area contributed by atoms with Gasteiger partial charge in [-0.1, -0.05) is 167 Å². The van der Waals surface area contributed by atoms with Crippen LogP contribution < -0.4 is 15.6 Å². The van der Waals surface area contributed by atoms with Crippen LogP contribution in [0.4, 0.5) is 17.2 Å². The SMILES string of the molecule is CCCCCCCCCCCCCCCCCC(=O)Nc1[nH]n(-c2ccc(Oc3ccccc3)c(S(=O)(=O)[O-])c2)c(=O)c1N=Nc1c(C)nn(CCCCCCCCCC)c1C. The zero-order valence-electron chi connectivity index (χ0n) is 37.9. The van der Waals surface area contributed by atoms with Crippen molar-refractivity contribution in [3.05, 3.63) is 70.3 Å². The summed E-state index contributed by atoms with van der Waals surface area (Å²) >= 11 is 0. The number of hydrogen-bond acceptors (Lipinski definition) is 9. The molecule has 0 bridgehead atoms. The summed E-state index contributed by atoms with van der Waals surface area (Å²) in [6.07, 6.45) is 28.2. The number of aromatic nitrogens is 4. The van der Waals surface area contributed by atoms with Gasteiger partial charge in [-0.3, -0.25) is 19.4 Å². The van der Waals surface area contributed by atoms with E-state index in [0.29, 0.717) is 23.6 Å². The molecule has 0 unspecified atom stereocenters. The van der Waals surface area contributed by atoms with Crippen LogP contribution in [0.15, 0.2) is 68.4 Å². The number of carbonyl (C=O) groups excluding carboxylic acids is 1. The van der Waals surface area contributed by atoms with Gasteiger partial charge in [0.05, 0.1) is 22.0 Å². The van der Waals surface area contributed by atoms with Crippen LogP contribution in [0.5, 0.6) is 11.5 Å². The van der Waals surface area contributed by atoms with Gasteiger partial charge >= 0.3 is 5.56 Å². The van der Waals surface area contributed by atoms with Gasteiger partial charge in [-0.25, -0.2) is 13.1 Å². The van der Waals surface area contributed by atoms with Crippen molar-refractivity contribution in [1.29, 1.82) is 0 Å². The summed E-state index contributed by atoms with van der Waals surface area (Å²) in [6, 6.07) is 12.3. The Morgan fingerprint density at radius 3 is 1.79 bits per heavy atom. The van der Waals surface area contributed by atoms with Gasteiger partial charge in [0.25, 0.3) is 0 Å². The first-order valence-electron chi connectivity index (χ1n) is 23.5. The Bertz CT molecular complexity index is 2120. The number of nitrogens with one attached hydrogen (secondary N) is 2. The van der Waals surface area contributed by atoms with Crippen LogP contribution >= 0.6 is 0 Å². The van der Waals surface area contributed by atoms with E-state index in [9.17, 15) is 22.6 Å². The molecule has 2 N–H and O–H groups in total. The first-order chi connectivity index (χ1) is 30.0. The summed E-state index contributed by atoms with van der Waals surface area (Å²) in [7, 11) is -5.04. The molecule has 0 saturated heterocycles. The van der Waals surface area contributed by atoms with Gasteiger partial charge in [0.15, 0.2) is 11.5 Å². The van der Waals surface area contributed by atoms with Crippen molar-refractivity contribution in [3.8, 4) is 17.2 Å². The van der Waals surface area contributed by atoms with E-state index in [-0.39, 0.29) is 35.3 Å². The van der Waals surface area contributed by atoms with Gasteiger partial charge in [0.1, 0.15) is 27.3 Å². The molecule has 0 spiro atoms. The van der Waals surface area contributed by atoms with Gasteiger partial charge < -0.3 is 14.6 Å². The third kappa shape index (κ3) is 17.0. The number of para-hydroxylation sites is 1. The van der Waals surface area contributed by atoms with E-state index in [1.165, 1.54) is 121 Å². The lowest BCUT2D eigenvalue weighted by molar-refractivity contribution is -0.116. The highest BCUT2D eigenvalue weighted by molar-refractivity contribution is 7.85. The Hall–Kier alpha value is -4.56. The fraction of sp³-hybridized carbons (Fsp3) is 0.604. The zero-order valence-corrected chi connectivity index (χ0v) is 38.7. The average molecular weight is 875 g/mol. The number of ether oxygens (including phenoxy) is 1. The molecule has 1 amide bonds. The average Bonchev–Trinajstić information content (AvgIpc) is 3.70. The number of rotatable bonds is 32. The van der Waals surface area contributed by atoms with Gasteiger partial charge in [-0.15, -0.1) is 10.2 Å². The van der Waals surface area contributed by atoms with E-state index < -0.39 is 20.6 Å². The summed E-state index contributed by atoms with van der Waals surface area (Å²) in [4.78, 5) is 26.7. The molecule has 4 rings (SSSR count). The predicted octanol–water partition coefficient (Wildman–Crippen LogP) is 13.4. The third-order valence-electron chi connectivity index (χ3n) is 11.4. The zero-order chi connectivity index (χ0) is 44.6. The number of azo groups is 1. The fourth-order valence-corrected chi connectivity index (χ4v) is 8.35. The highest BCUT2D eigenvalue weighted by Gasteiger charge is 2.21. The van der Waals surface area contributed by atoms with Gasteiger partial charge in [0, 0.05) is 13.0 Å². The molecule has 0 atom stereocenters. The summed E-state index contributed by atoms with van der Waals surface area (Å²) in [5.41, 5.74) is 1.12. The van der Waals surface area contributed by atoms with Crippen LogP contribution in [-0.4, -0.2) is 38.4 Å². The van der Waals surface area contributed by atoms with Crippen molar-refractivity contribution >= 4 is 33.2 Å². The summed E-state index contributed by atoms with van der Waals surface area (Å²) in [5, 5.41) is 19.2. The number of hydrogen-bond donors (Lipinski definition) is 2. The Balaban J connectivity index is 1.43. The molecule has 0 aliphatic rings. The Morgan fingerprint density at radius 2 is 1.24 bits per heavy atom. The molecule has 2 aromatic heterocycles. The number of benzene rings is 2. The summed E-state index contributed by atoms with van der Waals surface area (Å²) < 4.78 is 46.0. The number of anilines is 1. The van der Waals surface area contributed by atoms with Crippen LogP contribution in [0.3, 0.4) is 0 Å². The van der Waals surface area contributed by atoms with Crippen molar-refractivity contribution < 1.29 is 22.5 Å². The maximum Gasteiger partial charge on any atom is 0.301 e. The second-order valence-corrected chi connectivity index (χ2v) is 18.0. The van der Waals surface area contributed by atoms with Crippen LogP contribution in [0.1, 0.15) is 179 Å². The lowest BCUT2D eigenvalue weighted by atomic mass is 10.0. The van der Waals surface area contributed by atoms with Crippen LogP contribution in [0.25, 0.3) is 5.69 Å². The Morgan fingerprint density at radius 1 is 0.726 bits per heavy atom. The minimum absolute atomic E-state index is 0.00230. The first kappa shape index (κ1) is 50.1. The second-order valence-electron chi connectivity index (χ2n) is 16.6. The molecule has 14 heteroatoms.